The molecule has 0 bridgehead atoms. The van der Waals surface area contributed by atoms with Crippen LogP contribution < -0.4 is 0 Å². The Balaban J connectivity index is 2.63. The highest BCUT2D eigenvalue weighted by Crippen LogP contribution is 2.29. The third-order valence-electron chi connectivity index (χ3n) is 1.96. The molecule has 5 atom stereocenters. The van der Waals surface area contributed by atoms with E-state index in [0.29, 0.717) is 0 Å². The summed E-state index contributed by atoms with van der Waals surface area (Å²) in [6, 6.07) is 0. The fourth-order valence-corrected chi connectivity index (χ4v) is 1.49. The smallest absolute Gasteiger partial charge is 0.126 e. The van der Waals surface area contributed by atoms with E-state index < -0.39 is 29.6 Å². The number of ether oxygens (including phenoxy) is 1. The Kier molecular flexibility index (Phi) is 3.42. The molecule has 68 valence electrons. The summed E-state index contributed by atoms with van der Waals surface area (Å²) in [5.41, 5.74) is -0.749. The van der Waals surface area contributed by atoms with Crippen molar-refractivity contribution < 1.29 is 20.1 Å². The molecule has 2 radical (unpaired) electrons. The molecule has 3 unspecified atom stereocenters. The van der Waals surface area contributed by atoms with Crippen LogP contribution in [0.3, 0.4) is 0 Å². The molecule has 1 aliphatic heterocycles. The van der Waals surface area contributed by atoms with Crippen LogP contribution in [0.25, 0.3) is 0 Å². The minimum absolute atomic E-state index is 0.335. The lowest BCUT2D eigenvalue weighted by Gasteiger charge is -2.39. The van der Waals surface area contributed by atoms with Gasteiger partial charge in [-0.3, -0.25) is 0 Å². The van der Waals surface area contributed by atoms with Crippen LogP contribution in [0.1, 0.15) is 0 Å². The first-order chi connectivity index (χ1) is 5.57. The number of hydrogen-bond acceptors (Lipinski definition) is 5. The predicted molar refractivity (Wildman–Crippen MR) is 46.3 cm³/mol. The summed E-state index contributed by atoms with van der Waals surface area (Å²) in [7, 11) is 5.44. The highest BCUT2D eigenvalue weighted by molar-refractivity contribution is 7.80. The normalized spacial score (nSPS) is 49.2. The molecule has 1 saturated heterocycles. The minimum Gasteiger partial charge on any atom is -0.394 e. The van der Waals surface area contributed by atoms with E-state index >= 15 is 0 Å². The second-order valence-corrected chi connectivity index (χ2v) is 3.32. The van der Waals surface area contributed by atoms with Crippen LogP contribution in [0.4, 0.5) is 0 Å². The van der Waals surface area contributed by atoms with Crippen molar-refractivity contribution in [2.24, 2.45) is 0 Å². The van der Waals surface area contributed by atoms with Gasteiger partial charge in [-0.25, -0.2) is 0 Å². The van der Waals surface area contributed by atoms with Crippen molar-refractivity contribution in [1.29, 1.82) is 0 Å². The van der Waals surface area contributed by atoms with Crippen LogP contribution in [-0.4, -0.2) is 53.5 Å². The zero-order valence-corrected chi connectivity index (χ0v) is 7.26. The maximum absolute atomic E-state index is 9.32. The van der Waals surface area contributed by atoms with E-state index in [1.54, 1.807) is 0 Å². The van der Waals surface area contributed by atoms with Gasteiger partial charge < -0.3 is 20.1 Å². The van der Waals surface area contributed by atoms with Crippen molar-refractivity contribution in [3.05, 3.63) is 0 Å². The molecule has 1 fully saturated rings. The SMILES string of the molecule is [B]C1C(O)[C@H](S)OC(CO)[C@@H]1O. The Morgan fingerprint density at radius 1 is 1.33 bits per heavy atom. The van der Waals surface area contributed by atoms with Gasteiger partial charge in [-0.05, 0) is 5.82 Å². The summed E-state index contributed by atoms with van der Waals surface area (Å²) in [4.78, 5) is 0. The van der Waals surface area contributed by atoms with Gasteiger partial charge in [0.1, 0.15) is 11.5 Å². The lowest BCUT2D eigenvalue weighted by atomic mass is 9.75. The maximum Gasteiger partial charge on any atom is 0.126 e. The van der Waals surface area contributed by atoms with E-state index in [-0.39, 0.29) is 6.61 Å². The van der Waals surface area contributed by atoms with Crippen LogP contribution >= 0.6 is 12.6 Å². The molecule has 1 rings (SSSR count). The van der Waals surface area contributed by atoms with Gasteiger partial charge in [0, 0.05) is 0 Å². The van der Waals surface area contributed by atoms with E-state index in [4.69, 9.17) is 17.7 Å². The van der Waals surface area contributed by atoms with Gasteiger partial charge in [0.25, 0.3) is 0 Å². The van der Waals surface area contributed by atoms with Crippen molar-refractivity contribution in [3.8, 4) is 0 Å². The molecular formula is C6H11BO4S. The monoisotopic (exact) mass is 190 g/mol. The zero-order valence-electron chi connectivity index (χ0n) is 6.37. The van der Waals surface area contributed by atoms with Crippen LogP contribution in [0.5, 0.6) is 0 Å². The highest BCUT2D eigenvalue weighted by atomic mass is 32.1. The highest BCUT2D eigenvalue weighted by Gasteiger charge is 2.39. The number of thiol groups is 1. The minimum atomic E-state index is -1.05. The van der Waals surface area contributed by atoms with Crippen molar-refractivity contribution in [2.75, 3.05) is 6.61 Å². The molecule has 0 aromatic heterocycles. The van der Waals surface area contributed by atoms with Gasteiger partial charge in [-0.2, -0.15) is 0 Å². The Morgan fingerprint density at radius 3 is 2.42 bits per heavy atom. The second-order valence-electron chi connectivity index (χ2n) is 2.81. The third-order valence-corrected chi connectivity index (χ3v) is 2.38. The van der Waals surface area contributed by atoms with Gasteiger partial charge in [-0.15, -0.1) is 12.6 Å². The molecule has 1 aliphatic rings. The summed E-state index contributed by atoms with van der Waals surface area (Å²) >= 11 is 3.89. The van der Waals surface area contributed by atoms with Crippen LogP contribution in [0.15, 0.2) is 0 Å². The molecule has 0 aromatic rings. The molecule has 12 heavy (non-hydrogen) atoms. The molecule has 3 N–H and O–H groups in total. The largest absolute Gasteiger partial charge is 0.394 e. The molecular weight excluding hydrogens is 179 g/mol. The van der Waals surface area contributed by atoms with E-state index in [9.17, 15) is 10.2 Å². The molecule has 1 heterocycles. The molecule has 0 aliphatic carbocycles. The first-order valence-corrected chi connectivity index (χ1v) is 4.15. The fourth-order valence-electron chi connectivity index (χ4n) is 1.13. The van der Waals surface area contributed by atoms with Crippen molar-refractivity contribution >= 4 is 20.5 Å². The Hall–Kier alpha value is 0.255. The van der Waals surface area contributed by atoms with Gasteiger partial charge >= 0.3 is 0 Å². The Labute approximate surface area is 77.4 Å². The lowest BCUT2D eigenvalue weighted by molar-refractivity contribution is -0.148. The third kappa shape index (κ3) is 1.77. The van der Waals surface area contributed by atoms with E-state index in [1.807, 2.05) is 0 Å². The average molecular weight is 190 g/mol. The van der Waals surface area contributed by atoms with Crippen LogP contribution in [0.2, 0.25) is 5.82 Å². The van der Waals surface area contributed by atoms with Crippen LogP contribution in [0, 0.1) is 0 Å². The maximum atomic E-state index is 9.32. The quantitative estimate of drug-likeness (QED) is 0.294. The predicted octanol–water partition coefficient (Wildman–Crippen LogP) is -1.69. The van der Waals surface area contributed by atoms with Gasteiger partial charge in [0.15, 0.2) is 0 Å². The fraction of sp³-hybridized carbons (Fsp3) is 1.00. The average Bonchev–Trinajstić information content (AvgIpc) is 2.08. The number of aliphatic hydroxyl groups is 3. The molecule has 0 saturated carbocycles. The first-order valence-electron chi connectivity index (χ1n) is 3.64. The van der Waals surface area contributed by atoms with Gasteiger partial charge in [0.05, 0.1) is 26.7 Å². The van der Waals surface area contributed by atoms with Crippen molar-refractivity contribution in [2.45, 2.75) is 29.6 Å². The summed E-state index contributed by atoms with van der Waals surface area (Å²) in [6.07, 6.45) is -2.81. The molecule has 6 heteroatoms. The molecule has 0 aromatic carbocycles. The number of rotatable bonds is 1. The standard InChI is InChI=1S/C6H11BO4S/c7-3-4(9)2(1-8)11-6(12)5(3)10/h2-6,8-10,12H,1H2/t2?,3?,4-,5?,6-/m0/s1. The lowest BCUT2D eigenvalue weighted by Crippen LogP contribution is -2.50. The zero-order chi connectivity index (χ0) is 9.30. The Bertz CT molecular complexity index is 154. The van der Waals surface area contributed by atoms with Crippen molar-refractivity contribution in [1.82, 2.24) is 0 Å². The summed E-state index contributed by atoms with van der Waals surface area (Å²) in [5.74, 6) is -0.821. The van der Waals surface area contributed by atoms with E-state index in [1.165, 1.54) is 0 Å². The number of hydrogen-bond donors (Lipinski definition) is 4. The molecule has 0 amide bonds. The molecule has 0 spiro atoms. The summed E-state index contributed by atoms with van der Waals surface area (Å²) in [6.45, 7) is -0.335. The summed E-state index contributed by atoms with van der Waals surface area (Å²) in [5, 5.41) is 27.3. The second kappa shape index (κ2) is 3.98. The van der Waals surface area contributed by atoms with Gasteiger partial charge in [-0.1, -0.05) is 0 Å². The van der Waals surface area contributed by atoms with E-state index in [2.05, 4.69) is 12.6 Å². The topological polar surface area (TPSA) is 69.9 Å². The summed E-state index contributed by atoms with van der Waals surface area (Å²) < 4.78 is 4.96. The van der Waals surface area contributed by atoms with Crippen molar-refractivity contribution in [3.63, 3.8) is 0 Å². The van der Waals surface area contributed by atoms with Crippen LogP contribution in [-0.2, 0) is 4.74 Å². The van der Waals surface area contributed by atoms with Gasteiger partial charge in [0.2, 0.25) is 0 Å². The number of aliphatic hydroxyl groups excluding tert-OH is 3. The molecule has 4 nitrogen and oxygen atoms in total. The van der Waals surface area contributed by atoms with E-state index in [0.717, 1.165) is 0 Å². The Morgan fingerprint density at radius 2 is 1.92 bits per heavy atom. The first kappa shape index (κ1) is 10.3.